The molecule has 1 aliphatic carbocycles. The second kappa shape index (κ2) is 5.17. The predicted octanol–water partition coefficient (Wildman–Crippen LogP) is 2.08. The zero-order valence-electron chi connectivity index (χ0n) is 9.99. The predicted molar refractivity (Wildman–Crippen MR) is 62.8 cm³/mol. The number of carbonyl (C=O) groups excluding carboxylic acids is 2. The Morgan fingerprint density at radius 2 is 2.18 bits per heavy atom. The van der Waals surface area contributed by atoms with Crippen LogP contribution in [-0.2, 0) is 11.2 Å². The molecule has 0 bridgehead atoms. The molecule has 2 rings (SSSR count). The van der Waals surface area contributed by atoms with Gasteiger partial charge in [-0.15, -0.1) is 0 Å². The van der Waals surface area contributed by atoms with Crippen molar-refractivity contribution in [3.8, 4) is 0 Å². The molecule has 1 N–H and O–H groups in total. The van der Waals surface area contributed by atoms with Crippen LogP contribution in [0, 0.1) is 0 Å². The first-order chi connectivity index (χ1) is 8.20. The lowest BCUT2D eigenvalue weighted by molar-refractivity contribution is -0.120. The number of rotatable bonds is 3. The molecule has 1 amide bonds. The third-order valence-electron chi connectivity index (χ3n) is 3.19. The minimum Gasteiger partial charge on any atom is -0.469 e. The number of furan rings is 1. The highest BCUT2D eigenvalue weighted by Gasteiger charge is 2.22. The summed E-state index contributed by atoms with van der Waals surface area (Å²) in [6.07, 6.45) is 4.92. The van der Waals surface area contributed by atoms with Crippen LogP contribution in [-0.4, -0.2) is 17.7 Å². The largest absolute Gasteiger partial charge is 0.469 e. The van der Waals surface area contributed by atoms with Crippen molar-refractivity contribution in [3.05, 3.63) is 23.7 Å². The van der Waals surface area contributed by atoms with Gasteiger partial charge in [-0.1, -0.05) is 6.92 Å². The van der Waals surface area contributed by atoms with E-state index >= 15 is 0 Å². The van der Waals surface area contributed by atoms with E-state index in [1.54, 1.807) is 6.07 Å². The highest BCUT2D eigenvalue weighted by Crippen LogP contribution is 2.17. The number of ketones is 1. The molecular formula is C13H17NO3. The Morgan fingerprint density at radius 3 is 2.82 bits per heavy atom. The lowest BCUT2D eigenvalue weighted by Gasteiger charge is -2.21. The molecule has 0 aromatic carbocycles. The molecule has 1 aliphatic rings. The van der Waals surface area contributed by atoms with Crippen LogP contribution in [0.5, 0.6) is 0 Å². The van der Waals surface area contributed by atoms with Gasteiger partial charge in [0.1, 0.15) is 11.5 Å². The number of hydrogen-bond acceptors (Lipinski definition) is 3. The van der Waals surface area contributed by atoms with Crippen molar-refractivity contribution in [3.63, 3.8) is 0 Å². The monoisotopic (exact) mass is 235 g/mol. The highest BCUT2D eigenvalue weighted by molar-refractivity contribution is 5.95. The van der Waals surface area contributed by atoms with Gasteiger partial charge in [-0.05, 0) is 18.9 Å². The molecule has 0 unspecified atom stereocenters. The summed E-state index contributed by atoms with van der Waals surface area (Å²) in [5.74, 6) is 0.928. The maximum atomic E-state index is 12.0. The van der Waals surface area contributed by atoms with Crippen LogP contribution < -0.4 is 5.32 Å². The van der Waals surface area contributed by atoms with E-state index in [0.29, 0.717) is 30.6 Å². The second-order valence-electron chi connectivity index (χ2n) is 4.40. The summed E-state index contributed by atoms with van der Waals surface area (Å²) in [7, 11) is 0. The Balaban J connectivity index is 1.95. The molecule has 4 nitrogen and oxygen atoms in total. The maximum Gasteiger partial charge on any atom is 0.255 e. The third kappa shape index (κ3) is 2.75. The Hall–Kier alpha value is -1.58. The van der Waals surface area contributed by atoms with Crippen LogP contribution >= 0.6 is 0 Å². The van der Waals surface area contributed by atoms with E-state index < -0.39 is 0 Å². The first-order valence-electron chi connectivity index (χ1n) is 6.09. The van der Waals surface area contributed by atoms with Gasteiger partial charge in [-0.3, -0.25) is 9.59 Å². The van der Waals surface area contributed by atoms with Crippen LogP contribution in [0.15, 0.2) is 16.7 Å². The molecule has 0 aliphatic heterocycles. The fourth-order valence-electron chi connectivity index (χ4n) is 2.16. The molecule has 1 aromatic heterocycles. The smallest absolute Gasteiger partial charge is 0.255 e. The summed E-state index contributed by atoms with van der Waals surface area (Å²) < 4.78 is 5.23. The van der Waals surface area contributed by atoms with Gasteiger partial charge in [-0.25, -0.2) is 0 Å². The van der Waals surface area contributed by atoms with Gasteiger partial charge in [0.2, 0.25) is 0 Å². The molecule has 17 heavy (non-hydrogen) atoms. The molecule has 4 heteroatoms. The van der Waals surface area contributed by atoms with E-state index in [2.05, 4.69) is 5.32 Å². The van der Waals surface area contributed by atoms with E-state index in [-0.39, 0.29) is 11.9 Å². The standard InChI is InChI=1S/C13H17NO3/c1-2-12-11(7-8-17-12)13(16)14-9-3-5-10(15)6-4-9/h7-9H,2-6H2,1H3,(H,14,16). The summed E-state index contributed by atoms with van der Waals surface area (Å²) in [4.78, 5) is 23.1. The van der Waals surface area contributed by atoms with Gasteiger partial charge in [0, 0.05) is 25.3 Å². The van der Waals surface area contributed by atoms with E-state index in [1.807, 2.05) is 6.92 Å². The molecule has 92 valence electrons. The van der Waals surface area contributed by atoms with E-state index in [1.165, 1.54) is 6.26 Å². The number of carbonyl (C=O) groups is 2. The number of aryl methyl sites for hydroxylation is 1. The van der Waals surface area contributed by atoms with Crippen molar-refractivity contribution in [1.82, 2.24) is 5.32 Å². The third-order valence-corrected chi connectivity index (χ3v) is 3.19. The van der Waals surface area contributed by atoms with Crippen molar-refractivity contribution in [2.75, 3.05) is 0 Å². The normalized spacial score (nSPS) is 17.1. The van der Waals surface area contributed by atoms with Gasteiger partial charge < -0.3 is 9.73 Å². The molecule has 0 atom stereocenters. The molecule has 0 saturated heterocycles. The van der Waals surface area contributed by atoms with Gasteiger partial charge in [0.15, 0.2) is 0 Å². The summed E-state index contributed by atoms with van der Waals surface area (Å²) in [6, 6.07) is 1.82. The maximum absolute atomic E-state index is 12.0. The average Bonchev–Trinajstić information content (AvgIpc) is 2.80. The molecule has 0 radical (unpaired) electrons. The van der Waals surface area contributed by atoms with Crippen molar-refractivity contribution in [2.24, 2.45) is 0 Å². The van der Waals surface area contributed by atoms with Crippen LogP contribution in [0.4, 0.5) is 0 Å². The number of hydrogen-bond donors (Lipinski definition) is 1. The first-order valence-corrected chi connectivity index (χ1v) is 6.09. The number of amides is 1. The Kier molecular flexibility index (Phi) is 3.61. The van der Waals surface area contributed by atoms with Crippen molar-refractivity contribution in [2.45, 2.75) is 45.1 Å². The lowest BCUT2D eigenvalue weighted by atomic mass is 9.94. The van der Waals surface area contributed by atoms with E-state index in [0.717, 1.165) is 18.6 Å². The van der Waals surface area contributed by atoms with Gasteiger partial charge in [0.05, 0.1) is 11.8 Å². The lowest BCUT2D eigenvalue weighted by Crippen LogP contribution is -2.37. The second-order valence-corrected chi connectivity index (χ2v) is 4.40. The molecule has 1 heterocycles. The Labute approximate surface area is 100 Å². The first kappa shape index (κ1) is 11.9. The molecular weight excluding hydrogens is 218 g/mol. The van der Waals surface area contributed by atoms with Crippen LogP contribution in [0.25, 0.3) is 0 Å². The summed E-state index contributed by atoms with van der Waals surface area (Å²) >= 11 is 0. The van der Waals surface area contributed by atoms with Gasteiger partial charge in [0.25, 0.3) is 5.91 Å². The summed E-state index contributed by atoms with van der Waals surface area (Å²) in [5, 5.41) is 2.97. The topological polar surface area (TPSA) is 59.3 Å². The Bertz CT molecular complexity index is 412. The van der Waals surface area contributed by atoms with Crippen LogP contribution in [0.1, 0.15) is 48.7 Å². The molecule has 0 spiro atoms. The minimum absolute atomic E-state index is 0.0880. The van der Waals surface area contributed by atoms with Crippen molar-refractivity contribution in [1.29, 1.82) is 0 Å². The Morgan fingerprint density at radius 1 is 1.47 bits per heavy atom. The zero-order valence-corrected chi connectivity index (χ0v) is 9.99. The highest BCUT2D eigenvalue weighted by atomic mass is 16.3. The van der Waals surface area contributed by atoms with Gasteiger partial charge >= 0.3 is 0 Å². The summed E-state index contributed by atoms with van der Waals surface area (Å²) in [6.45, 7) is 1.95. The average molecular weight is 235 g/mol. The quantitative estimate of drug-likeness (QED) is 0.872. The van der Waals surface area contributed by atoms with E-state index in [9.17, 15) is 9.59 Å². The number of Topliss-reactive ketones (excluding diaryl/α,β-unsaturated/α-hetero) is 1. The molecule has 1 saturated carbocycles. The SMILES string of the molecule is CCc1occc1C(=O)NC1CCC(=O)CC1. The fourth-order valence-corrected chi connectivity index (χ4v) is 2.16. The van der Waals surface area contributed by atoms with E-state index in [4.69, 9.17) is 4.42 Å². The molecule has 1 fully saturated rings. The minimum atomic E-state index is -0.0880. The number of nitrogens with one attached hydrogen (secondary N) is 1. The van der Waals surface area contributed by atoms with Gasteiger partial charge in [-0.2, -0.15) is 0 Å². The van der Waals surface area contributed by atoms with Crippen molar-refractivity contribution >= 4 is 11.7 Å². The van der Waals surface area contributed by atoms with Crippen molar-refractivity contribution < 1.29 is 14.0 Å². The zero-order chi connectivity index (χ0) is 12.3. The van der Waals surface area contributed by atoms with Crippen LogP contribution in [0.2, 0.25) is 0 Å². The summed E-state index contributed by atoms with van der Waals surface area (Å²) in [5.41, 5.74) is 0.615. The fraction of sp³-hybridized carbons (Fsp3) is 0.538. The van der Waals surface area contributed by atoms with Crippen LogP contribution in [0.3, 0.4) is 0 Å². The molecule has 1 aromatic rings.